The highest BCUT2D eigenvalue weighted by Crippen LogP contribution is 2.27. The second-order valence-electron chi connectivity index (χ2n) is 6.46. The number of methoxy groups -OCH3 is 2. The molecule has 150 valence electrons. The van der Waals surface area contributed by atoms with Crippen LogP contribution in [-0.4, -0.2) is 31.7 Å². The zero-order valence-electron chi connectivity index (χ0n) is 16.6. The van der Waals surface area contributed by atoms with Gasteiger partial charge in [-0.05, 0) is 41.8 Å². The van der Waals surface area contributed by atoms with Gasteiger partial charge in [-0.25, -0.2) is 4.98 Å². The van der Waals surface area contributed by atoms with Crippen LogP contribution < -0.4 is 20.1 Å². The molecule has 3 aromatic rings. The van der Waals surface area contributed by atoms with Gasteiger partial charge in [0.2, 0.25) is 0 Å². The second-order valence-corrected chi connectivity index (χ2v) is 6.46. The fourth-order valence-corrected chi connectivity index (χ4v) is 2.92. The highest BCUT2D eigenvalue weighted by atomic mass is 16.5. The molecule has 3 rings (SSSR count). The summed E-state index contributed by atoms with van der Waals surface area (Å²) in [4.78, 5) is 16.8. The predicted octanol–water partition coefficient (Wildman–Crippen LogP) is 3.68. The van der Waals surface area contributed by atoms with E-state index in [1.165, 1.54) is 0 Å². The van der Waals surface area contributed by atoms with Gasteiger partial charge in [-0.2, -0.15) is 0 Å². The van der Waals surface area contributed by atoms with E-state index in [1.54, 1.807) is 32.5 Å². The Bertz CT molecular complexity index is 945. The van der Waals surface area contributed by atoms with Gasteiger partial charge in [0.05, 0.1) is 14.2 Å². The topological polar surface area (TPSA) is 72.5 Å². The van der Waals surface area contributed by atoms with Gasteiger partial charge in [-0.3, -0.25) is 4.79 Å². The number of rotatable bonds is 9. The molecule has 2 aromatic carbocycles. The van der Waals surface area contributed by atoms with Crippen LogP contribution >= 0.6 is 0 Å². The summed E-state index contributed by atoms with van der Waals surface area (Å²) in [5, 5.41) is 6.19. The molecule has 6 heteroatoms. The summed E-state index contributed by atoms with van der Waals surface area (Å²) < 4.78 is 10.6. The fourth-order valence-electron chi connectivity index (χ4n) is 2.92. The van der Waals surface area contributed by atoms with Gasteiger partial charge in [0.25, 0.3) is 5.91 Å². The lowest BCUT2D eigenvalue weighted by Crippen LogP contribution is -2.25. The van der Waals surface area contributed by atoms with Crippen molar-refractivity contribution in [1.82, 2.24) is 10.3 Å². The third-order valence-corrected chi connectivity index (χ3v) is 4.49. The standard InChI is InChI=1S/C23H25N3O3/c1-28-20-9-8-17(14-21(20)29-2)10-12-25-23(27)19-11-13-24-22(15-19)26-16-18-6-4-3-5-7-18/h3-9,11,13-15H,10,12,16H2,1-2H3,(H,24,26)(H,25,27). The highest BCUT2D eigenvalue weighted by molar-refractivity contribution is 5.94. The van der Waals surface area contributed by atoms with Crippen molar-refractivity contribution in [3.63, 3.8) is 0 Å². The van der Waals surface area contributed by atoms with E-state index < -0.39 is 0 Å². The number of benzene rings is 2. The van der Waals surface area contributed by atoms with Gasteiger partial charge in [0.1, 0.15) is 5.82 Å². The second kappa shape index (κ2) is 10.1. The van der Waals surface area contributed by atoms with Crippen LogP contribution in [0.15, 0.2) is 66.9 Å². The SMILES string of the molecule is COc1ccc(CCNC(=O)c2ccnc(NCc3ccccc3)c2)cc1OC. The summed E-state index contributed by atoms with van der Waals surface area (Å²) in [5.74, 6) is 1.91. The average molecular weight is 391 g/mol. The van der Waals surface area contributed by atoms with Crippen LogP contribution in [0.5, 0.6) is 11.5 Å². The smallest absolute Gasteiger partial charge is 0.251 e. The van der Waals surface area contributed by atoms with Gasteiger partial charge < -0.3 is 20.1 Å². The number of pyridine rings is 1. The minimum atomic E-state index is -0.129. The Morgan fingerprint density at radius 3 is 2.48 bits per heavy atom. The van der Waals surface area contributed by atoms with Crippen LogP contribution in [0.3, 0.4) is 0 Å². The van der Waals surface area contributed by atoms with E-state index >= 15 is 0 Å². The van der Waals surface area contributed by atoms with Crippen molar-refractivity contribution in [3.8, 4) is 11.5 Å². The molecule has 0 saturated carbocycles. The van der Waals surface area contributed by atoms with Crippen LogP contribution in [0.1, 0.15) is 21.5 Å². The van der Waals surface area contributed by atoms with Crippen molar-refractivity contribution < 1.29 is 14.3 Å². The lowest BCUT2D eigenvalue weighted by molar-refractivity contribution is 0.0954. The number of carbonyl (C=O) groups is 1. The van der Waals surface area contributed by atoms with Gasteiger partial charge in [-0.1, -0.05) is 36.4 Å². The van der Waals surface area contributed by atoms with E-state index in [9.17, 15) is 4.79 Å². The lowest BCUT2D eigenvalue weighted by Gasteiger charge is -2.11. The first-order valence-corrected chi connectivity index (χ1v) is 9.42. The molecule has 1 amide bonds. The predicted molar refractivity (Wildman–Crippen MR) is 114 cm³/mol. The molecule has 0 aliphatic carbocycles. The number of amides is 1. The van der Waals surface area contributed by atoms with E-state index in [0.29, 0.717) is 42.4 Å². The van der Waals surface area contributed by atoms with Crippen molar-refractivity contribution in [2.75, 3.05) is 26.1 Å². The largest absolute Gasteiger partial charge is 0.493 e. The first-order chi connectivity index (χ1) is 14.2. The maximum atomic E-state index is 12.5. The Labute approximate surface area is 170 Å². The molecule has 2 N–H and O–H groups in total. The minimum Gasteiger partial charge on any atom is -0.493 e. The number of aromatic nitrogens is 1. The van der Waals surface area contributed by atoms with E-state index in [4.69, 9.17) is 9.47 Å². The molecule has 0 atom stereocenters. The first kappa shape index (κ1) is 20.2. The van der Waals surface area contributed by atoms with Gasteiger partial charge >= 0.3 is 0 Å². The molecule has 0 radical (unpaired) electrons. The zero-order valence-corrected chi connectivity index (χ0v) is 16.6. The Morgan fingerprint density at radius 1 is 0.931 bits per heavy atom. The molecule has 0 unspecified atom stereocenters. The molecule has 0 aliphatic rings. The van der Waals surface area contributed by atoms with Crippen LogP contribution in [0.2, 0.25) is 0 Å². The fraction of sp³-hybridized carbons (Fsp3) is 0.217. The Hall–Kier alpha value is -3.54. The Balaban J connectivity index is 1.53. The van der Waals surface area contributed by atoms with E-state index in [-0.39, 0.29) is 5.91 Å². The first-order valence-electron chi connectivity index (χ1n) is 9.42. The number of hydrogen-bond donors (Lipinski definition) is 2. The van der Waals surface area contributed by atoms with Crippen molar-refractivity contribution in [2.24, 2.45) is 0 Å². The lowest BCUT2D eigenvalue weighted by atomic mass is 10.1. The number of carbonyl (C=O) groups excluding carboxylic acids is 1. The summed E-state index contributed by atoms with van der Waals surface area (Å²) in [5.41, 5.74) is 2.78. The molecule has 1 heterocycles. The maximum Gasteiger partial charge on any atom is 0.251 e. The molecule has 0 fully saturated rings. The van der Waals surface area contributed by atoms with Crippen LogP contribution in [-0.2, 0) is 13.0 Å². The zero-order chi connectivity index (χ0) is 20.5. The highest BCUT2D eigenvalue weighted by Gasteiger charge is 2.08. The van der Waals surface area contributed by atoms with E-state index in [1.807, 2.05) is 48.5 Å². The molecule has 6 nitrogen and oxygen atoms in total. The average Bonchev–Trinajstić information content (AvgIpc) is 2.78. The summed E-state index contributed by atoms with van der Waals surface area (Å²) >= 11 is 0. The van der Waals surface area contributed by atoms with Crippen molar-refractivity contribution >= 4 is 11.7 Å². The van der Waals surface area contributed by atoms with Crippen LogP contribution in [0, 0.1) is 0 Å². The summed E-state index contributed by atoms with van der Waals surface area (Å²) in [6.45, 7) is 1.17. The van der Waals surface area contributed by atoms with Crippen LogP contribution in [0.25, 0.3) is 0 Å². The van der Waals surface area contributed by atoms with Gasteiger partial charge in [0.15, 0.2) is 11.5 Å². The van der Waals surface area contributed by atoms with E-state index in [2.05, 4.69) is 15.6 Å². The molecular weight excluding hydrogens is 366 g/mol. The minimum absolute atomic E-state index is 0.129. The van der Waals surface area contributed by atoms with Gasteiger partial charge in [-0.15, -0.1) is 0 Å². The van der Waals surface area contributed by atoms with Crippen molar-refractivity contribution in [2.45, 2.75) is 13.0 Å². The number of hydrogen-bond acceptors (Lipinski definition) is 5. The third-order valence-electron chi connectivity index (χ3n) is 4.49. The maximum absolute atomic E-state index is 12.5. The number of nitrogens with zero attached hydrogens (tertiary/aromatic N) is 1. The molecule has 0 spiro atoms. The Morgan fingerprint density at radius 2 is 1.72 bits per heavy atom. The Kier molecular flexibility index (Phi) is 7.05. The summed E-state index contributed by atoms with van der Waals surface area (Å²) in [7, 11) is 3.21. The summed E-state index contributed by atoms with van der Waals surface area (Å²) in [6.07, 6.45) is 2.33. The third kappa shape index (κ3) is 5.72. The van der Waals surface area contributed by atoms with Crippen molar-refractivity contribution in [1.29, 1.82) is 0 Å². The number of ether oxygens (including phenoxy) is 2. The van der Waals surface area contributed by atoms with Crippen LogP contribution in [0.4, 0.5) is 5.82 Å². The summed E-state index contributed by atoms with van der Waals surface area (Å²) in [6, 6.07) is 19.3. The monoisotopic (exact) mass is 391 g/mol. The van der Waals surface area contributed by atoms with Gasteiger partial charge in [0, 0.05) is 24.8 Å². The molecule has 29 heavy (non-hydrogen) atoms. The molecule has 0 bridgehead atoms. The van der Waals surface area contributed by atoms with E-state index in [0.717, 1.165) is 11.1 Å². The molecule has 0 aliphatic heterocycles. The molecule has 0 saturated heterocycles. The number of nitrogens with one attached hydrogen (secondary N) is 2. The molecule has 1 aromatic heterocycles. The molecular formula is C23H25N3O3. The normalized spacial score (nSPS) is 10.3. The number of anilines is 1. The quantitative estimate of drug-likeness (QED) is 0.582. The van der Waals surface area contributed by atoms with Crippen molar-refractivity contribution in [3.05, 3.63) is 83.6 Å².